The smallest absolute Gasteiger partial charge is 0.229 e. The molecule has 1 aliphatic heterocycles. The fourth-order valence-electron chi connectivity index (χ4n) is 2.55. The first kappa shape index (κ1) is 18.3. The number of aromatic nitrogens is 2. The van der Waals surface area contributed by atoms with Crippen molar-refractivity contribution in [3.63, 3.8) is 0 Å². The number of morpholine rings is 1. The van der Waals surface area contributed by atoms with Crippen molar-refractivity contribution < 1.29 is 9.15 Å². The minimum atomic E-state index is 0.361. The average molecular weight is 374 g/mol. The zero-order chi connectivity index (χ0) is 18.4. The summed E-state index contributed by atoms with van der Waals surface area (Å²) in [5.74, 6) is 1.90. The van der Waals surface area contributed by atoms with Crippen LogP contribution >= 0.6 is 12.2 Å². The first-order chi connectivity index (χ1) is 12.6. The average Bonchev–Trinajstić information content (AvgIpc) is 3.13. The van der Waals surface area contributed by atoms with Gasteiger partial charge in [0, 0.05) is 24.5 Å². The van der Waals surface area contributed by atoms with Gasteiger partial charge in [0.15, 0.2) is 5.11 Å². The first-order valence-corrected chi connectivity index (χ1v) is 8.82. The molecule has 8 nitrogen and oxygen atoms in total. The second-order valence-corrected chi connectivity index (χ2v) is 6.26. The molecule has 2 aromatic rings. The van der Waals surface area contributed by atoms with Crippen LogP contribution in [0.3, 0.4) is 0 Å². The standard InChI is InChI=1S/C17H22N6O2S/c1-12-10-13(2)20-15(19-12)21-16(23-5-8-24-9-6-23)22-17(26)18-11-14-4-3-7-25-14/h3-4,7,10H,5-6,8-9,11H2,1-2H3,(H2,18,19,20,21,22,26). The van der Waals surface area contributed by atoms with Gasteiger partial charge in [-0.25, -0.2) is 9.97 Å². The van der Waals surface area contributed by atoms with E-state index in [0.717, 1.165) is 30.2 Å². The number of hydrogen-bond acceptors (Lipinski definition) is 5. The lowest BCUT2D eigenvalue weighted by molar-refractivity contribution is 0.0680. The largest absolute Gasteiger partial charge is 0.467 e. The minimum absolute atomic E-state index is 0.361. The van der Waals surface area contributed by atoms with Gasteiger partial charge in [-0.1, -0.05) is 0 Å². The van der Waals surface area contributed by atoms with Crippen molar-refractivity contribution >= 4 is 29.2 Å². The van der Waals surface area contributed by atoms with Crippen molar-refractivity contribution in [2.45, 2.75) is 20.4 Å². The van der Waals surface area contributed by atoms with E-state index in [9.17, 15) is 0 Å². The second-order valence-electron chi connectivity index (χ2n) is 5.87. The molecule has 1 saturated heterocycles. The van der Waals surface area contributed by atoms with Crippen molar-refractivity contribution in [1.29, 1.82) is 0 Å². The van der Waals surface area contributed by atoms with Gasteiger partial charge in [0.05, 0.1) is 26.0 Å². The van der Waals surface area contributed by atoms with E-state index in [-0.39, 0.29) is 0 Å². The number of nitrogens with one attached hydrogen (secondary N) is 2. The van der Waals surface area contributed by atoms with Crippen molar-refractivity contribution in [3.8, 4) is 0 Å². The maximum absolute atomic E-state index is 5.42. The van der Waals surface area contributed by atoms with Gasteiger partial charge in [-0.15, -0.1) is 0 Å². The lowest BCUT2D eigenvalue weighted by Gasteiger charge is -2.29. The predicted molar refractivity (Wildman–Crippen MR) is 103 cm³/mol. The molecule has 0 saturated carbocycles. The Kier molecular flexibility index (Phi) is 6.13. The zero-order valence-corrected chi connectivity index (χ0v) is 15.7. The molecule has 0 atom stereocenters. The molecule has 26 heavy (non-hydrogen) atoms. The van der Waals surface area contributed by atoms with E-state index < -0.39 is 0 Å². The van der Waals surface area contributed by atoms with Gasteiger partial charge in [0.1, 0.15) is 5.76 Å². The summed E-state index contributed by atoms with van der Waals surface area (Å²) >= 11 is 5.36. The first-order valence-electron chi connectivity index (χ1n) is 8.41. The van der Waals surface area contributed by atoms with Crippen LogP contribution in [-0.2, 0) is 11.3 Å². The van der Waals surface area contributed by atoms with Crippen molar-refractivity contribution in [3.05, 3.63) is 41.6 Å². The molecule has 0 spiro atoms. The number of furan rings is 1. The van der Waals surface area contributed by atoms with E-state index in [1.807, 2.05) is 32.0 Å². The quantitative estimate of drug-likeness (QED) is 0.478. The molecule has 2 N–H and O–H groups in total. The number of ether oxygens (including phenoxy) is 1. The number of anilines is 1. The Balaban J connectivity index is 1.74. The number of hydrogen-bond donors (Lipinski definition) is 2. The van der Waals surface area contributed by atoms with Gasteiger partial charge < -0.3 is 19.4 Å². The van der Waals surface area contributed by atoms with Crippen LogP contribution in [0.25, 0.3) is 0 Å². The third-order valence-corrected chi connectivity index (χ3v) is 3.95. The molecule has 3 heterocycles. The Morgan fingerprint density at radius 3 is 2.65 bits per heavy atom. The number of rotatable bonds is 3. The monoisotopic (exact) mass is 374 g/mol. The molecular formula is C17H22N6O2S. The highest BCUT2D eigenvalue weighted by molar-refractivity contribution is 7.80. The molecule has 0 amide bonds. The molecule has 0 unspecified atom stereocenters. The summed E-state index contributed by atoms with van der Waals surface area (Å²) in [7, 11) is 0. The minimum Gasteiger partial charge on any atom is -0.467 e. The van der Waals surface area contributed by atoms with Gasteiger partial charge in [0.25, 0.3) is 0 Å². The molecule has 0 aromatic carbocycles. The van der Waals surface area contributed by atoms with Crippen LogP contribution in [0.1, 0.15) is 17.1 Å². The molecule has 3 rings (SSSR count). The predicted octanol–water partition coefficient (Wildman–Crippen LogP) is 1.86. The summed E-state index contributed by atoms with van der Waals surface area (Å²) < 4.78 is 10.7. The molecular weight excluding hydrogens is 352 g/mol. The molecule has 0 aliphatic carbocycles. The zero-order valence-electron chi connectivity index (χ0n) is 14.9. The lowest BCUT2D eigenvalue weighted by atomic mass is 10.4. The lowest BCUT2D eigenvalue weighted by Crippen LogP contribution is -2.45. The maximum Gasteiger partial charge on any atom is 0.229 e. The Morgan fingerprint density at radius 1 is 1.27 bits per heavy atom. The van der Waals surface area contributed by atoms with Gasteiger partial charge in [0.2, 0.25) is 11.9 Å². The highest BCUT2D eigenvalue weighted by Crippen LogP contribution is 2.07. The SMILES string of the molecule is Cc1cc(C)nc(N/C(=N/C(=S)NCc2ccco2)N2CCOCC2)n1. The van der Waals surface area contributed by atoms with E-state index >= 15 is 0 Å². The van der Waals surface area contributed by atoms with Crippen LogP contribution in [0, 0.1) is 13.8 Å². The van der Waals surface area contributed by atoms with Crippen LogP contribution in [0.15, 0.2) is 33.9 Å². The third-order valence-electron chi connectivity index (χ3n) is 3.72. The second kappa shape index (κ2) is 8.72. The normalized spacial score (nSPS) is 15.0. The van der Waals surface area contributed by atoms with Crippen LogP contribution in [0.4, 0.5) is 5.95 Å². The van der Waals surface area contributed by atoms with Gasteiger partial charge in [-0.2, -0.15) is 4.99 Å². The number of aliphatic imine (C=N–C) groups is 1. The van der Waals surface area contributed by atoms with Crippen LogP contribution in [-0.4, -0.2) is 52.2 Å². The summed E-state index contributed by atoms with van der Waals surface area (Å²) in [5.41, 5.74) is 1.78. The summed E-state index contributed by atoms with van der Waals surface area (Å²) in [4.78, 5) is 15.4. The fraction of sp³-hybridized carbons (Fsp3) is 0.412. The summed E-state index contributed by atoms with van der Waals surface area (Å²) in [5, 5.41) is 6.64. The van der Waals surface area contributed by atoms with Gasteiger partial charge in [-0.05, 0) is 44.3 Å². The number of aryl methyl sites for hydroxylation is 2. The Morgan fingerprint density at radius 2 is 2.00 bits per heavy atom. The van der Waals surface area contributed by atoms with Crippen LogP contribution in [0.5, 0.6) is 0 Å². The van der Waals surface area contributed by atoms with Crippen molar-refractivity contribution in [1.82, 2.24) is 20.2 Å². The van der Waals surface area contributed by atoms with Gasteiger partial charge in [-0.3, -0.25) is 5.32 Å². The highest BCUT2D eigenvalue weighted by Gasteiger charge is 2.17. The Hall–Kier alpha value is -2.52. The summed E-state index contributed by atoms with van der Waals surface area (Å²) in [6, 6.07) is 5.64. The molecule has 0 bridgehead atoms. The number of guanidine groups is 1. The molecule has 9 heteroatoms. The van der Waals surface area contributed by atoms with Crippen molar-refractivity contribution in [2.75, 3.05) is 31.6 Å². The molecule has 1 fully saturated rings. The number of thiocarbonyl (C=S) groups is 1. The summed E-state index contributed by atoms with van der Waals surface area (Å²) in [6.07, 6.45) is 1.63. The summed E-state index contributed by atoms with van der Waals surface area (Å²) in [6.45, 7) is 7.06. The highest BCUT2D eigenvalue weighted by atomic mass is 32.1. The molecule has 1 aliphatic rings. The fourth-order valence-corrected chi connectivity index (χ4v) is 2.70. The van der Waals surface area contributed by atoms with E-state index in [4.69, 9.17) is 21.4 Å². The number of nitrogens with zero attached hydrogens (tertiary/aromatic N) is 4. The molecule has 0 radical (unpaired) electrons. The van der Waals surface area contributed by atoms with Crippen LogP contribution < -0.4 is 10.6 Å². The van der Waals surface area contributed by atoms with E-state index in [1.54, 1.807) is 6.26 Å². The Bertz CT molecular complexity index is 751. The topological polar surface area (TPSA) is 87.8 Å². The maximum atomic E-state index is 5.42. The van der Waals surface area contributed by atoms with E-state index in [0.29, 0.717) is 36.8 Å². The van der Waals surface area contributed by atoms with Crippen molar-refractivity contribution in [2.24, 2.45) is 4.99 Å². The van der Waals surface area contributed by atoms with E-state index in [1.165, 1.54) is 0 Å². The third kappa shape index (κ3) is 5.24. The van der Waals surface area contributed by atoms with E-state index in [2.05, 4.69) is 30.5 Å². The van der Waals surface area contributed by atoms with Crippen LogP contribution in [0.2, 0.25) is 0 Å². The molecule has 2 aromatic heterocycles. The Labute approximate surface area is 157 Å². The van der Waals surface area contributed by atoms with Gasteiger partial charge >= 0.3 is 0 Å². The molecule has 138 valence electrons.